The number of hydrogen-bond donors (Lipinski definition) is 0. The molecule has 6 nitrogen and oxygen atoms in total. The molecule has 1 amide bonds. The van der Waals surface area contributed by atoms with E-state index in [1.807, 2.05) is 43.0 Å². The molecule has 1 unspecified atom stereocenters. The minimum atomic E-state index is -0.183. The van der Waals surface area contributed by atoms with Crippen LogP contribution in [0.1, 0.15) is 41.1 Å². The Morgan fingerprint density at radius 1 is 1.31 bits per heavy atom. The average molecular weight is 356 g/mol. The van der Waals surface area contributed by atoms with Gasteiger partial charge in [0, 0.05) is 31.8 Å². The van der Waals surface area contributed by atoms with Crippen LogP contribution in [0.15, 0.2) is 34.9 Å². The molecule has 0 aliphatic carbocycles. The van der Waals surface area contributed by atoms with Crippen LogP contribution >= 0.6 is 0 Å². The number of furan rings is 1. The number of ether oxygens (including phenoxy) is 2. The second-order valence-corrected chi connectivity index (χ2v) is 7.23. The Morgan fingerprint density at radius 2 is 2.12 bits per heavy atom. The van der Waals surface area contributed by atoms with E-state index in [0.29, 0.717) is 36.9 Å². The summed E-state index contributed by atoms with van der Waals surface area (Å²) in [5.74, 6) is 2.15. The second-order valence-electron chi connectivity index (χ2n) is 7.23. The molecule has 2 aromatic rings. The Labute approximate surface area is 153 Å². The smallest absolute Gasteiger partial charge is 0.257 e. The summed E-state index contributed by atoms with van der Waals surface area (Å²) >= 11 is 0. The molecule has 4 rings (SSSR count). The first-order valence-corrected chi connectivity index (χ1v) is 9.13. The fourth-order valence-corrected chi connectivity index (χ4v) is 3.95. The quantitative estimate of drug-likeness (QED) is 0.845. The Bertz CT molecular complexity index is 778. The summed E-state index contributed by atoms with van der Waals surface area (Å²) in [7, 11) is 0. The zero-order valence-electron chi connectivity index (χ0n) is 15.2. The molecule has 26 heavy (non-hydrogen) atoms. The number of rotatable bonds is 3. The van der Waals surface area contributed by atoms with Crippen LogP contribution < -0.4 is 4.74 Å². The van der Waals surface area contributed by atoms with Gasteiger partial charge in [0.15, 0.2) is 0 Å². The Morgan fingerprint density at radius 3 is 2.77 bits per heavy atom. The Hall–Kier alpha value is -2.34. The Kier molecular flexibility index (Phi) is 4.44. The third kappa shape index (κ3) is 3.33. The number of aryl methyl sites for hydroxylation is 2. The van der Waals surface area contributed by atoms with Crippen molar-refractivity contribution in [3.8, 4) is 5.88 Å². The molecule has 2 saturated heterocycles. The molecule has 2 aliphatic rings. The highest BCUT2D eigenvalue weighted by atomic mass is 16.6. The van der Waals surface area contributed by atoms with E-state index >= 15 is 0 Å². The van der Waals surface area contributed by atoms with E-state index in [2.05, 4.69) is 4.98 Å². The lowest BCUT2D eigenvalue weighted by molar-refractivity contribution is -0.0396. The van der Waals surface area contributed by atoms with Gasteiger partial charge in [0.2, 0.25) is 5.88 Å². The molecule has 1 spiro atoms. The fourth-order valence-electron chi connectivity index (χ4n) is 3.95. The third-order valence-corrected chi connectivity index (χ3v) is 5.33. The number of carbonyl (C=O) groups excluding carboxylic acids is 1. The molecule has 2 aliphatic heterocycles. The van der Waals surface area contributed by atoms with Gasteiger partial charge in [-0.1, -0.05) is 6.07 Å². The van der Waals surface area contributed by atoms with Gasteiger partial charge in [-0.2, -0.15) is 0 Å². The predicted octanol–water partition coefficient (Wildman–Crippen LogP) is 3.13. The van der Waals surface area contributed by atoms with Crippen molar-refractivity contribution < 1.29 is 18.7 Å². The zero-order valence-corrected chi connectivity index (χ0v) is 15.2. The van der Waals surface area contributed by atoms with Crippen molar-refractivity contribution in [3.05, 3.63) is 47.5 Å². The summed E-state index contributed by atoms with van der Waals surface area (Å²) in [4.78, 5) is 18.9. The maximum Gasteiger partial charge on any atom is 0.257 e. The molecule has 0 N–H and O–H groups in total. The number of carbonyl (C=O) groups is 1. The molecule has 0 aromatic carbocycles. The van der Waals surface area contributed by atoms with Crippen molar-refractivity contribution >= 4 is 5.91 Å². The van der Waals surface area contributed by atoms with Crippen molar-refractivity contribution in [2.45, 2.75) is 44.8 Å². The van der Waals surface area contributed by atoms with Gasteiger partial charge in [-0.15, -0.1) is 0 Å². The number of piperidine rings is 1. The molecular formula is C20H24N2O4. The zero-order chi connectivity index (χ0) is 18.1. The first kappa shape index (κ1) is 17.1. The highest BCUT2D eigenvalue weighted by Gasteiger charge is 2.44. The highest BCUT2D eigenvalue weighted by molar-refractivity contribution is 5.95. The number of amides is 1. The summed E-state index contributed by atoms with van der Waals surface area (Å²) in [6, 6.07) is 7.47. The largest absolute Gasteiger partial charge is 0.472 e. The fraction of sp³-hybridized carbons (Fsp3) is 0.500. The average Bonchev–Trinajstić information content (AvgIpc) is 3.18. The van der Waals surface area contributed by atoms with Crippen LogP contribution in [0.4, 0.5) is 0 Å². The van der Waals surface area contributed by atoms with E-state index in [4.69, 9.17) is 13.9 Å². The van der Waals surface area contributed by atoms with Crippen LogP contribution in [0.25, 0.3) is 0 Å². The second kappa shape index (κ2) is 6.76. The molecule has 0 bridgehead atoms. The van der Waals surface area contributed by atoms with E-state index in [0.717, 1.165) is 25.0 Å². The minimum Gasteiger partial charge on any atom is -0.472 e. The Balaban J connectivity index is 1.35. The molecule has 0 saturated carbocycles. The summed E-state index contributed by atoms with van der Waals surface area (Å²) in [5, 5.41) is 0. The van der Waals surface area contributed by atoms with E-state index in [1.165, 1.54) is 0 Å². The summed E-state index contributed by atoms with van der Waals surface area (Å²) in [6.45, 7) is 5.66. The lowest BCUT2D eigenvalue weighted by Gasteiger charge is -2.38. The first-order chi connectivity index (χ1) is 12.5. The number of likely N-dealkylation sites (tertiary alicyclic amines) is 1. The van der Waals surface area contributed by atoms with Crippen molar-refractivity contribution in [1.82, 2.24) is 9.88 Å². The molecule has 1 atom stereocenters. The van der Waals surface area contributed by atoms with Gasteiger partial charge in [0.1, 0.15) is 17.6 Å². The van der Waals surface area contributed by atoms with Crippen LogP contribution in [0.2, 0.25) is 0 Å². The van der Waals surface area contributed by atoms with Gasteiger partial charge < -0.3 is 18.8 Å². The van der Waals surface area contributed by atoms with Crippen LogP contribution in [-0.2, 0) is 4.74 Å². The van der Waals surface area contributed by atoms with Crippen molar-refractivity contribution in [2.75, 3.05) is 19.7 Å². The van der Waals surface area contributed by atoms with E-state index in [1.54, 1.807) is 6.20 Å². The summed E-state index contributed by atoms with van der Waals surface area (Å²) in [5.41, 5.74) is 0.486. The van der Waals surface area contributed by atoms with Crippen molar-refractivity contribution in [1.29, 1.82) is 0 Å². The van der Waals surface area contributed by atoms with Crippen LogP contribution in [0, 0.1) is 13.8 Å². The number of aromatic nitrogens is 1. The molecule has 4 heterocycles. The molecule has 2 aromatic heterocycles. The molecule has 0 radical (unpaired) electrons. The van der Waals surface area contributed by atoms with Crippen molar-refractivity contribution in [3.63, 3.8) is 0 Å². The van der Waals surface area contributed by atoms with Gasteiger partial charge in [-0.05, 0) is 38.8 Å². The maximum absolute atomic E-state index is 12.7. The van der Waals surface area contributed by atoms with E-state index in [9.17, 15) is 4.79 Å². The van der Waals surface area contributed by atoms with Gasteiger partial charge in [-0.3, -0.25) is 4.79 Å². The maximum atomic E-state index is 12.7. The number of hydrogen-bond acceptors (Lipinski definition) is 5. The summed E-state index contributed by atoms with van der Waals surface area (Å²) in [6.07, 6.45) is 4.25. The van der Waals surface area contributed by atoms with Gasteiger partial charge >= 0.3 is 0 Å². The number of nitrogens with zero attached hydrogens (tertiary/aromatic N) is 2. The molecule has 6 heteroatoms. The summed E-state index contributed by atoms with van der Waals surface area (Å²) < 4.78 is 17.6. The molecule has 2 fully saturated rings. The first-order valence-electron chi connectivity index (χ1n) is 9.13. The van der Waals surface area contributed by atoms with E-state index < -0.39 is 0 Å². The topological polar surface area (TPSA) is 64.8 Å². The van der Waals surface area contributed by atoms with Gasteiger partial charge in [0.05, 0.1) is 17.8 Å². The highest BCUT2D eigenvalue weighted by Crippen LogP contribution is 2.37. The normalized spacial score (nSPS) is 21.9. The standard InChI is InChI=1S/C20H24N2O4/c1-14-11-17(15(2)25-14)19(23)22-9-6-20(7-10-22)12-16(13-24-20)26-18-5-3-4-8-21-18/h3-5,8,11,16H,6-7,9-10,12-13H2,1-2H3. The third-order valence-electron chi connectivity index (χ3n) is 5.33. The lowest BCUT2D eigenvalue weighted by atomic mass is 9.87. The molecule has 138 valence electrons. The van der Waals surface area contributed by atoms with Gasteiger partial charge in [-0.25, -0.2) is 4.98 Å². The molecular weight excluding hydrogens is 332 g/mol. The lowest BCUT2D eigenvalue weighted by Crippen LogP contribution is -2.46. The monoisotopic (exact) mass is 356 g/mol. The predicted molar refractivity (Wildman–Crippen MR) is 95.3 cm³/mol. The SMILES string of the molecule is Cc1cc(C(=O)N2CCC3(CC2)CC(Oc2ccccn2)CO3)c(C)o1. The number of pyridine rings is 1. The van der Waals surface area contributed by atoms with E-state index in [-0.39, 0.29) is 17.6 Å². The van der Waals surface area contributed by atoms with Gasteiger partial charge in [0.25, 0.3) is 5.91 Å². The van der Waals surface area contributed by atoms with Crippen LogP contribution in [-0.4, -0.2) is 47.2 Å². The minimum absolute atomic E-state index is 0.0194. The van der Waals surface area contributed by atoms with Crippen molar-refractivity contribution in [2.24, 2.45) is 0 Å². The van der Waals surface area contributed by atoms with Crippen LogP contribution in [0.5, 0.6) is 5.88 Å². The van der Waals surface area contributed by atoms with Crippen LogP contribution in [0.3, 0.4) is 0 Å².